The van der Waals surface area contributed by atoms with Crippen LogP contribution in [-0.2, 0) is 9.84 Å². The van der Waals surface area contributed by atoms with Gasteiger partial charge in [-0.1, -0.05) is 34.1 Å². The van der Waals surface area contributed by atoms with Crippen molar-refractivity contribution in [1.29, 1.82) is 0 Å². The SMILES string of the molecule is NCC(c1ccccc1Br)C1CCS(=O)(=O)CC1. The summed E-state index contributed by atoms with van der Waals surface area (Å²) in [5.41, 5.74) is 7.10. The third kappa shape index (κ3) is 3.13. The maximum Gasteiger partial charge on any atom is 0.150 e. The van der Waals surface area contributed by atoms with Crippen LogP contribution in [-0.4, -0.2) is 26.5 Å². The van der Waals surface area contributed by atoms with E-state index in [1.165, 1.54) is 5.56 Å². The molecular formula is C13H18BrNO2S. The smallest absolute Gasteiger partial charge is 0.150 e. The molecule has 1 heterocycles. The Hall–Kier alpha value is -0.390. The Labute approximate surface area is 117 Å². The Morgan fingerprint density at radius 2 is 1.89 bits per heavy atom. The van der Waals surface area contributed by atoms with Crippen LogP contribution in [0.5, 0.6) is 0 Å². The summed E-state index contributed by atoms with van der Waals surface area (Å²) in [7, 11) is -2.80. The molecule has 0 radical (unpaired) electrons. The van der Waals surface area contributed by atoms with Crippen molar-refractivity contribution in [3.05, 3.63) is 34.3 Å². The first kappa shape index (κ1) is 14.0. The van der Waals surface area contributed by atoms with Gasteiger partial charge in [-0.3, -0.25) is 0 Å². The summed E-state index contributed by atoms with van der Waals surface area (Å²) in [6.45, 7) is 0.563. The van der Waals surface area contributed by atoms with E-state index >= 15 is 0 Å². The molecule has 0 saturated carbocycles. The highest BCUT2D eigenvalue weighted by atomic mass is 79.9. The molecule has 100 valence electrons. The van der Waals surface area contributed by atoms with Crippen LogP contribution < -0.4 is 5.73 Å². The molecule has 5 heteroatoms. The Balaban J connectivity index is 2.18. The molecule has 1 aromatic rings. The monoisotopic (exact) mass is 331 g/mol. The lowest BCUT2D eigenvalue weighted by Crippen LogP contribution is -2.30. The second-order valence-electron chi connectivity index (χ2n) is 4.85. The summed E-state index contributed by atoms with van der Waals surface area (Å²) in [4.78, 5) is 0. The van der Waals surface area contributed by atoms with Crippen molar-refractivity contribution >= 4 is 25.8 Å². The van der Waals surface area contributed by atoms with E-state index in [0.29, 0.717) is 24.0 Å². The van der Waals surface area contributed by atoms with Gasteiger partial charge in [-0.25, -0.2) is 8.42 Å². The van der Waals surface area contributed by atoms with Crippen LogP contribution in [0.2, 0.25) is 0 Å². The van der Waals surface area contributed by atoms with E-state index in [1.54, 1.807) is 0 Å². The van der Waals surface area contributed by atoms with E-state index in [0.717, 1.165) is 17.3 Å². The molecule has 3 nitrogen and oxygen atoms in total. The molecule has 0 bridgehead atoms. The molecule has 0 aromatic heterocycles. The number of nitrogens with two attached hydrogens (primary N) is 1. The summed E-state index contributed by atoms with van der Waals surface area (Å²) in [6, 6.07) is 8.07. The molecule has 1 aromatic carbocycles. The first-order valence-corrected chi connectivity index (χ1v) is 8.80. The van der Waals surface area contributed by atoms with E-state index in [-0.39, 0.29) is 5.92 Å². The minimum absolute atomic E-state index is 0.246. The number of hydrogen-bond acceptors (Lipinski definition) is 3. The first-order chi connectivity index (χ1) is 8.53. The van der Waals surface area contributed by atoms with Crippen LogP contribution in [0.15, 0.2) is 28.7 Å². The zero-order valence-electron chi connectivity index (χ0n) is 10.2. The van der Waals surface area contributed by atoms with Gasteiger partial charge in [-0.05, 0) is 36.9 Å². The van der Waals surface area contributed by atoms with Crippen molar-refractivity contribution in [3.8, 4) is 0 Å². The number of halogens is 1. The largest absolute Gasteiger partial charge is 0.330 e. The summed E-state index contributed by atoms with van der Waals surface area (Å²) in [5, 5.41) is 0. The topological polar surface area (TPSA) is 60.2 Å². The lowest BCUT2D eigenvalue weighted by Gasteiger charge is -2.30. The summed E-state index contributed by atoms with van der Waals surface area (Å²) in [5.74, 6) is 1.23. The molecule has 18 heavy (non-hydrogen) atoms. The molecule has 1 aliphatic rings. The second kappa shape index (κ2) is 5.72. The van der Waals surface area contributed by atoms with Crippen LogP contribution in [0.4, 0.5) is 0 Å². The highest BCUT2D eigenvalue weighted by Gasteiger charge is 2.30. The van der Waals surface area contributed by atoms with Gasteiger partial charge < -0.3 is 5.73 Å². The maximum atomic E-state index is 11.5. The average molecular weight is 332 g/mol. The zero-order chi connectivity index (χ0) is 13.2. The van der Waals surface area contributed by atoms with Gasteiger partial charge in [-0.2, -0.15) is 0 Å². The summed E-state index contributed by atoms with van der Waals surface area (Å²) in [6.07, 6.45) is 1.46. The van der Waals surface area contributed by atoms with Crippen LogP contribution in [0.3, 0.4) is 0 Å². The van der Waals surface area contributed by atoms with Gasteiger partial charge in [0, 0.05) is 10.4 Å². The number of rotatable bonds is 3. The van der Waals surface area contributed by atoms with Gasteiger partial charge in [0.1, 0.15) is 9.84 Å². The van der Waals surface area contributed by atoms with E-state index in [1.807, 2.05) is 18.2 Å². The predicted octanol–water partition coefficient (Wildman–Crippen LogP) is 2.32. The standard InChI is InChI=1S/C13H18BrNO2S/c14-13-4-2-1-3-11(13)12(9-15)10-5-7-18(16,17)8-6-10/h1-4,10,12H,5-9,15H2. The lowest BCUT2D eigenvalue weighted by atomic mass is 9.82. The van der Waals surface area contributed by atoms with Crippen molar-refractivity contribution < 1.29 is 8.42 Å². The third-order valence-corrected chi connectivity index (χ3v) is 6.16. The normalized spacial score (nSPS) is 21.7. The Morgan fingerprint density at radius 1 is 1.28 bits per heavy atom. The molecule has 0 spiro atoms. The molecule has 1 aliphatic heterocycles. The Morgan fingerprint density at radius 3 is 2.44 bits per heavy atom. The second-order valence-corrected chi connectivity index (χ2v) is 8.01. The molecule has 1 saturated heterocycles. The molecule has 1 atom stereocenters. The maximum absolute atomic E-state index is 11.5. The minimum Gasteiger partial charge on any atom is -0.330 e. The van der Waals surface area contributed by atoms with Gasteiger partial charge in [0.15, 0.2) is 0 Å². The van der Waals surface area contributed by atoms with Gasteiger partial charge in [0.25, 0.3) is 0 Å². The third-order valence-electron chi connectivity index (χ3n) is 3.73. The van der Waals surface area contributed by atoms with Crippen LogP contribution in [0.1, 0.15) is 24.3 Å². The van der Waals surface area contributed by atoms with Gasteiger partial charge in [0.05, 0.1) is 11.5 Å². The highest BCUT2D eigenvalue weighted by Crippen LogP contribution is 2.35. The fraction of sp³-hybridized carbons (Fsp3) is 0.538. The fourth-order valence-electron chi connectivity index (χ4n) is 2.66. The van der Waals surface area contributed by atoms with E-state index in [2.05, 4.69) is 22.0 Å². The Bertz CT molecular complexity index is 501. The van der Waals surface area contributed by atoms with E-state index < -0.39 is 9.84 Å². The van der Waals surface area contributed by atoms with Crippen LogP contribution >= 0.6 is 15.9 Å². The zero-order valence-corrected chi connectivity index (χ0v) is 12.6. The molecule has 2 rings (SSSR count). The number of hydrogen-bond donors (Lipinski definition) is 1. The van der Waals surface area contributed by atoms with Gasteiger partial charge in [0.2, 0.25) is 0 Å². The number of benzene rings is 1. The molecule has 0 aliphatic carbocycles. The van der Waals surface area contributed by atoms with Crippen LogP contribution in [0.25, 0.3) is 0 Å². The quantitative estimate of drug-likeness (QED) is 0.924. The average Bonchev–Trinajstić information content (AvgIpc) is 2.34. The fourth-order valence-corrected chi connectivity index (χ4v) is 4.77. The van der Waals surface area contributed by atoms with Gasteiger partial charge >= 0.3 is 0 Å². The van der Waals surface area contributed by atoms with Gasteiger partial charge in [-0.15, -0.1) is 0 Å². The van der Waals surface area contributed by atoms with Crippen molar-refractivity contribution in [2.75, 3.05) is 18.1 Å². The van der Waals surface area contributed by atoms with Crippen molar-refractivity contribution in [3.63, 3.8) is 0 Å². The van der Waals surface area contributed by atoms with E-state index in [9.17, 15) is 8.42 Å². The lowest BCUT2D eigenvalue weighted by molar-refractivity contribution is 0.388. The Kier molecular flexibility index (Phi) is 4.45. The summed E-state index contributed by atoms with van der Waals surface area (Å²) < 4.78 is 24.0. The van der Waals surface area contributed by atoms with Crippen LogP contribution in [0, 0.1) is 5.92 Å². The molecule has 1 unspecified atom stereocenters. The highest BCUT2D eigenvalue weighted by molar-refractivity contribution is 9.10. The van der Waals surface area contributed by atoms with Crippen molar-refractivity contribution in [2.24, 2.45) is 11.7 Å². The van der Waals surface area contributed by atoms with E-state index in [4.69, 9.17) is 5.73 Å². The first-order valence-electron chi connectivity index (χ1n) is 6.18. The molecule has 0 amide bonds. The minimum atomic E-state index is -2.80. The molecular weight excluding hydrogens is 314 g/mol. The number of sulfone groups is 1. The predicted molar refractivity (Wildman–Crippen MR) is 77.3 cm³/mol. The molecule has 1 fully saturated rings. The van der Waals surface area contributed by atoms with Crippen molar-refractivity contribution in [2.45, 2.75) is 18.8 Å². The summed E-state index contributed by atoms with van der Waals surface area (Å²) >= 11 is 3.55. The van der Waals surface area contributed by atoms with Crippen molar-refractivity contribution in [1.82, 2.24) is 0 Å². The molecule has 2 N–H and O–H groups in total.